The van der Waals surface area contributed by atoms with Crippen LogP contribution in [0.1, 0.15) is 38.7 Å². The van der Waals surface area contributed by atoms with Crippen LogP contribution in [-0.4, -0.2) is 22.9 Å². The van der Waals surface area contributed by atoms with Gasteiger partial charge in [0.25, 0.3) is 5.69 Å². The number of non-ortho nitro benzene ring substituents is 1. The van der Waals surface area contributed by atoms with Gasteiger partial charge in [-0.1, -0.05) is 31.9 Å². The first kappa shape index (κ1) is 15.3. The topological polar surface area (TPSA) is 46.4 Å². The summed E-state index contributed by atoms with van der Waals surface area (Å²) in [5.74, 6) is 0. The van der Waals surface area contributed by atoms with Gasteiger partial charge in [0.15, 0.2) is 0 Å². The highest BCUT2D eigenvalue weighted by atomic mass is 35.5. The van der Waals surface area contributed by atoms with Crippen LogP contribution in [-0.2, 0) is 6.54 Å². The maximum Gasteiger partial charge on any atom is 0.269 e. The van der Waals surface area contributed by atoms with Gasteiger partial charge in [-0.3, -0.25) is 15.0 Å². The molecule has 0 N–H and O–H groups in total. The van der Waals surface area contributed by atoms with Crippen LogP contribution < -0.4 is 0 Å². The number of nitro benzene ring substituents is 1. The first-order chi connectivity index (χ1) is 9.43. The number of benzene rings is 1. The van der Waals surface area contributed by atoms with Crippen molar-refractivity contribution < 1.29 is 4.92 Å². The molecule has 110 valence electrons. The zero-order valence-corrected chi connectivity index (χ0v) is 12.8. The van der Waals surface area contributed by atoms with Crippen molar-refractivity contribution >= 4 is 17.3 Å². The Balaban J connectivity index is 2.04. The summed E-state index contributed by atoms with van der Waals surface area (Å²) >= 11 is 6.15. The second-order valence-electron chi connectivity index (χ2n) is 5.97. The van der Waals surface area contributed by atoms with Crippen LogP contribution in [0, 0.1) is 15.5 Å². The summed E-state index contributed by atoms with van der Waals surface area (Å²) in [6.07, 6.45) is 3.56. The molecule has 0 aliphatic carbocycles. The van der Waals surface area contributed by atoms with Gasteiger partial charge < -0.3 is 0 Å². The third-order valence-electron chi connectivity index (χ3n) is 4.55. The van der Waals surface area contributed by atoms with Crippen molar-refractivity contribution in [3.8, 4) is 0 Å². The molecule has 0 bridgehead atoms. The molecule has 1 fully saturated rings. The summed E-state index contributed by atoms with van der Waals surface area (Å²) in [5, 5.41) is 11.4. The van der Waals surface area contributed by atoms with Gasteiger partial charge in [-0.15, -0.1) is 0 Å². The molecule has 4 nitrogen and oxygen atoms in total. The second-order valence-corrected chi connectivity index (χ2v) is 6.38. The van der Waals surface area contributed by atoms with Gasteiger partial charge in [0.05, 0.1) is 4.92 Å². The lowest BCUT2D eigenvalue weighted by Crippen LogP contribution is -2.37. The summed E-state index contributed by atoms with van der Waals surface area (Å²) in [6.45, 7) is 7.34. The van der Waals surface area contributed by atoms with Crippen molar-refractivity contribution in [2.24, 2.45) is 5.41 Å². The molecule has 0 aromatic heterocycles. The SMILES string of the molecule is CCC1(C)CCN(Cc2cc([N+](=O)[O-])ccc2Cl)CC1. The third kappa shape index (κ3) is 3.49. The fourth-order valence-electron chi connectivity index (χ4n) is 2.64. The van der Waals surface area contributed by atoms with E-state index in [-0.39, 0.29) is 10.6 Å². The maximum atomic E-state index is 10.8. The number of rotatable bonds is 4. The van der Waals surface area contributed by atoms with Gasteiger partial charge in [-0.2, -0.15) is 0 Å². The smallest absolute Gasteiger partial charge is 0.269 e. The summed E-state index contributed by atoms with van der Waals surface area (Å²) < 4.78 is 0. The zero-order valence-electron chi connectivity index (χ0n) is 12.1. The molecule has 0 unspecified atom stereocenters. The van der Waals surface area contributed by atoms with Gasteiger partial charge >= 0.3 is 0 Å². The van der Waals surface area contributed by atoms with Crippen molar-refractivity contribution in [2.45, 2.75) is 39.7 Å². The number of halogens is 1. The monoisotopic (exact) mass is 296 g/mol. The molecule has 1 aromatic rings. The van der Waals surface area contributed by atoms with E-state index in [1.165, 1.54) is 25.3 Å². The van der Waals surface area contributed by atoms with E-state index in [0.717, 1.165) is 18.7 Å². The number of hydrogen-bond donors (Lipinski definition) is 0. The number of nitrogens with zero attached hydrogens (tertiary/aromatic N) is 2. The molecule has 1 saturated heterocycles. The van der Waals surface area contributed by atoms with Crippen molar-refractivity contribution in [1.29, 1.82) is 0 Å². The van der Waals surface area contributed by atoms with E-state index in [0.29, 0.717) is 17.0 Å². The van der Waals surface area contributed by atoms with Gasteiger partial charge in [0, 0.05) is 23.7 Å². The molecule has 0 amide bonds. The summed E-state index contributed by atoms with van der Waals surface area (Å²) in [4.78, 5) is 12.8. The molecule has 2 rings (SSSR count). The van der Waals surface area contributed by atoms with E-state index in [2.05, 4.69) is 18.7 Å². The fraction of sp³-hybridized carbons (Fsp3) is 0.600. The molecular weight excluding hydrogens is 276 g/mol. The number of hydrogen-bond acceptors (Lipinski definition) is 3. The van der Waals surface area contributed by atoms with Crippen molar-refractivity contribution in [3.63, 3.8) is 0 Å². The van der Waals surface area contributed by atoms with Crippen LogP contribution in [0.5, 0.6) is 0 Å². The van der Waals surface area contributed by atoms with E-state index < -0.39 is 0 Å². The Hall–Kier alpha value is -1.13. The highest BCUT2D eigenvalue weighted by molar-refractivity contribution is 6.31. The molecule has 1 aliphatic rings. The Labute approximate surface area is 124 Å². The molecule has 1 aliphatic heterocycles. The lowest BCUT2D eigenvalue weighted by atomic mass is 9.78. The molecule has 1 aromatic carbocycles. The fourth-order valence-corrected chi connectivity index (χ4v) is 2.82. The lowest BCUT2D eigenvalue weighted by molar-refractivity contribution is -0.384. The Morgan fingerprint density at radius 1 is 1.40 bits per heavy atom. The quantitative estimate of drug-likeness (QED) is 0.616. The standard InChI is InChI=1S/C15H21ClN2O2/c1-3-15(2)6-8-17(9-7-15)11-12-10-13(18(19)20)4-5-14(12)16/h4-5,10H,3,6-9,11H2,1-2H3. The first-order valence-electron chi connectivity index (χ1n) is 7.09. The van der Waals surface area contributed by atoms with Crippen molar-refractivity contribution in [2.75, 3.05) is 13.1 Å². The number of nitro groups is 1. The minimum Gasteiger partial charge on any atom is -0.299 e. The highest BCUT2D eigenvalue weighted by Gasteiger charge is 2.28. The molecule has 0 saturated carbocycles. The Kier molecular flexibility index (Phi) is 4.66. The number of piperidine rings is 1. The number of likely N-dealkylation sites (tertiary alicyclic amines) is 1. The molecule has 0 atom stereocenters. The van der Waals surface area contributed by atoms with Gasteiger partial charge in [-0.05, 0) is 43.0 Å². The minimum absolute atomic E-state index is 0.111. The maximum absolute atomic E-state index is 10.8. The van der Waals surface area contributed by atoms with Crippen molar-refractivity contribution in [3.05, 3.63) is 38.9 Å². The molecular formula is C15H21ClN2O2. The van der Waals surface area contributed by atoms with Crippen LogP contribution in [0.3, 0.4) is 0 Å². The predicted octanol–water partition coefficient (Wildman–Crippen LogP) is 4.26. The average Bonchev–Trinajstić information content (AvgIpc) is 2.43. The first-order valence-corrected chi connectivity index (χ1v) is 7.46. The Morgan fingerprint density at radius 3 is 2.60 bits per heavy atom. The molecule has 1 heterocycles. The van der Waals surface area contributed by atoms with E-state index >= 15 is 0 Å². The Bertz CT molecular complexity index is 497. The van der Waals surface area contributed by atoms with E-state index in [9.17, 15) is 10.1 Å². The summed E-state index contributed by atoms with van der Waals surface area (Å²) in [7, 11) is 0. The van der Waals surface area contributed by atoms with Crippen LogP contribution in [0.25, 0.3) is 0 Å². The van der Waals surface area contributed by atoms with Crippen molar-refractivity contribution in [1.82, 2.24) is 4.90 Å². The molecule has 5 heteroatoms. The normalized spacial score (nSPS) is 18.9. The van der Waals surface area contributed by atoms with E-state index in [1.807, 2.05) is 0 Å². The van der Waals surface area contributed by atoms with Crippen LogP contribution in [0.4, 0.5) is 5.69 Å². The van der Waals surface area contributed by atoms with Gasteiger partial charge in [0.1, 0.15) is 0 Å². The molecule has 20 heavy (non-hydrogen) atoms. The van der Waals surface area contributed by atoms with Crippen LogP contribution in [0.2, 0.25) is 5.02 Å². The van der Waals surface area contributed by atoms with Crippen LogP contribution >= 0.6 is 11.6 Å². The minimum atomic E-state index is -0.371. The average molecular weight is 297 g/mol. The second kappa shape index (κ2) is 6.10. The molecule has 0 spiro atoms. The lowest BCUT2D eigenvalue weighted by Gasteiger charge is -2.39. The van der Waals surface area contributed by atoms with Gasteiger partial charge in [-0.25, -0.2) is 0 Å². The largest absolute Gasteiger partial charge is 0.299 e. The third-order valence-corrected chi connectivity index (χ3v) is 4.92. The highest BCUT2D eigenvalue weighted by Crippen LogP contribution is 2.35. The van der Waals surface area contributed by atoms with Crippen LogP contribution in [0.15, 0.2) is 18.2 Å². The van der Waals surface area contributed by atoms with E-state index in [4.69, 9.17) is 11.6 Å². The van der Waals surface area contributed by atoms with Gasteiger partial charge in [0.2, 0.25) is 0 Å². The summed E-state index contributed by atoms with van der Waals surface area (Å²) in [5.41, 5.74) is 1.41. The Morgan fingerprint density at radius 2 is 2.05 bits per heavy atom. The summed E-state index contributed by atoms with van der Waals surface area (Å²) in [6, 6.07) is 4.67. The molecule has 0 radical (unpaired) electrons. The predicted molar refractivity (Wildman–Crippen MR) is 81.0 cm³/mol. The van der Waals surface area contributed by atoms with E-state index in [1.54, 1.807) is 12.1 Å². The zero-order chi connectivity index (χ0) is 14.8.